The number of sulfonamides is 1. The Bertz CT molecular complexity index is 667. The van der Waals surface area contributed by atoms with Crippen molar-refractivity contribution in [3.63, 3.8) is 0 Å². The summed E-state index contributed by atoms with van der Waals surface area (Å²) in [5.74, 6) is 0.563. The Morgan fingerprint density at radius 1 is 1.42 bits per heavy atom. The fourth-order valence-electron chi connectivity index (χ4n) is 1.55. The first-order chi connectivity index (χ1) is 8.97. The van der Waals surface area contributed by atoms with Crippen molar-refractivity contribution in [2.75, 3.05) is 6.54 Å². The second-order valence-corrected chi connectivity index (χ2v) is 6.17. The molecule has 0 fully saturated rings. The maximum absolute atomic E-state index is 12.0. The van der Waals surface area contributed by atoms with Gasteiger partial charge in [-0.3, -0.25) is 0 Å². The van der Waals surface area contributed by atoms with Crippen LogP contribution in [0.5, 0.6) is 0 Å². The summed E-state index contributed by atoms with van der Waals surface area (Å²) in [6.07, 6.45) is 1.99. The standard InChI is InChI=1S/C12H13ClN2O3S/c1-9-15-11(8-18-9)5-6-14-19(16,17)12-4-2-3-10(13)7-12/h2-4,7-8,14H,5-6H2,1H3. The lowest BCUT2D eigenvalue weighted by atomic mass is 10.3. The second kappa shape index (κ2) is 5.73. The van der Waals surface area contributed by atoms with E-state index < -0.39 is 10.0 Å². The van der Waals surface area contributed by atoms with Crippen LogP contribution >= 0.6 is 11.6 Å². The Morgan fingerprint density at radius 3 is 2.84 bits per heavy atom. The molecule has 0 unspecified atom stereocenters. The van der Waals surface area contributed by atoms with Gasteiger partial charge in [-0.05, 0) is 18.2 Å². The largest absolute Gasteiger partial charge is 0.449 e. The van der Waals surface area contributed by atoms with Crippen molar-refractivity contribution in [3.05, 3.63) is 47.1 Å². The molecule has 0 amide bonds. The van der Waals surface area contributed by atoms with Gasteiger partial charge < -0.3 is 4.42 Å². The fraction of sp³-hybridized carbons (Fsp3) is 0.250. The Morgan fingerprint density at radius 2 is 2.21 bits per heavy atom. The van der Waals surface area contributed by atoms with Gasteiger partial charge in [0.25, 0.3) is 0 Å². The molecule has 2 rings (SSSR count). The molecule has 1 aromatic carbocycles. The van der Waals surface area contributed by atoms with Crippen molar-refractivity contribution < 1.29 is 12.8 Å². The molecular weight excluding hydrogens is 288 g/mol. The molecule has 0 atom stereocenters. The van der Waals surface area contributed by atoms with Gasteiger partial charge in [-0.15, -0.1) is 0 Å². The van der Waals surface area contributed by atoms with E-state index in [1.165, 1.54) is 18.4 Å². The summed E-state index contributed by atoms with van der Waals surface area (Å²) < 4.78 is 31.5. The lowest BCUT2D eigenvalue weighted by Crippen LogP contribution is -2.26. The third-order valence-electron chi connectivity index (χ3n) is 2.45. The van der Waals surface area contributed by atoms with Crippen molar-refractivity contribution in [1.82, 2.24) is 9.71 Å². The predicted octanol–water partition coefficient (Wildman–Crippen LogP) is 2.16. The van der Waals surface area contributed by atoms with Gasteiger partial charge in [-0.1, -0.05) is 17.7 Å². The highest BCUT2D eigenvalue weighted by molar-refractivity contribution is 7.89. The van der Waals surface area contributed by atoms with Crippen LogP contribution in [-0.2, 0) is 16.4 Å². The van der Waals surface area contributed by atoms with Crippen LogP contribution in [0.15, 0.2) is 39.8 Å². The molecule has 0 spiro atoms. The average molecular weight is 301 g/mol. The Balaban J connectivity index is 1.98. The lowest BCUT2D eigenvalue weighted by molar-refractivity contribution is 0.520. The number of aromatic nitrogens is 1. The van der Waals surface area contributed by atoms with Crippen LogP contribution in [0.1, 0.15) is 11.6 Å². The Labute approximate surface area is 116 Å². The highest BCUT2D eigenvalue weighted by Crippen LogP contribution is 2.15. The fourth-order valence-corrected chi connectivity index (χ4v) is 2.89. The molecule has 0 aliphatic heterocycles. The minimum absolute atomic E-state index is 0.149. The van der Waals surface area contributed by atoms with Gasteiger partial charge in [0.1, 0.15) is 6.26 Å². The smallest absolute Gasteiger partial charge is 0.240 e. The number of nitrogens with zero attached hydrogens (tertiary/aromatic N) is 1. The van der Waals surface area contributed by atoms with Crippen LogP contribution in [-0.4, -0.2) is 19.9 Å². The molecular formula is C12H13ClN2O3S. The lowest BCUT2D eigenvalue weighted by Gasteiger charge is -2.05. The number of rotatable bonds is 5. The van der Waals surface area contributed by atoms with Gasteiger partial charge in [0.05, 0.1) is 10.6 Å². The molecule has 7 heteroatoms. The predicted molar refractivity (Wildman–Crippen MR) is 71.6 cm³/mol. The minimum Gasteiger partial charge on any atom is -0.449 e. The maximum atomic E-state index is 12.0. The molecule has 5 nitrogen and oxygen atoms in total. The molecule has 0 saturated carbocycles. The third-order valence-corrected chi connectivity index (χ3v) is 4.14. The molecule has 1 aromatic heterocycles. The molecule has 0 saturated heterocycles. The summed E-state index contributed by atoms with van der Waals surface area (Å²) in [6, 6.07) is 6.12. The number of hydrogen-bond donors (Lipinski definition) is 1. The van der Waals surface area contributed by atoms with Gasteiger partial charge in [0.15, 0.2) is 5.89 Å². The summed E-state index contributed by atoms with van der Waals surface area (Å²) in [6.45, 7) is 1.99. The topological polar surface area (TPSA) is 72.2 Å². The number of nitrogens with one attached hydrogen (secondary N) is 1. The Kier molecular flexibility index (Phi) is 4.24. The SMILES string of the molecule is Cc1nc(CCNS(=O)(=O)c2cccc(Cl)c2)co1. The van der Waals surface area contributed by atoms with Crippen LogP contribution in [0, 0.1) is 6.92 Å². The van der Waals surface area contributed by atoms with Crippen molar-refractivity contribution >= 4 is 21.6 Å². The van der Waals surface area contributed by atoms with E-state index in [0.717, 1.165) is 0 Å². The van der Waals surface area contributed by atoms with Crippen molar-refractivity contribution in [2.45, 2.75) is 18.2 Å². The molecule has 19 heavy (non-hydrogen) atoms. The van der Waals surface area contributed by atoms with E-state index in [1.54, 1.807) is 19.1 Å². The number of aryl methyl sites for hydroxylation is 1. The number of halogens is 1. The van der Waals surface area contributed by atoms with E-state index in [2.05, 4.69) is 9.71 Å². The first-order valence-electron chi connectivity index (χ1n) is 5.63. The van der Waals surface area contributed by atoms with Gasteiger partial charge >= 0.3 is 0 Å². The molecule has 0 aliphatic carbocycles. The van der Waals surface area contributed by atoms with Crippen LogP contribution < -0.4 is 4.72 Å². The Hall–Kier alpha value is -1.37. The van der Waals surface area contributed by atoms with E-state index in [1.807, 2.05) is 0 Å². The molecule has 102 valence electrons. The van der Waals surface area contributed by atoms with Gasteiger partial charge in [-0.2, -0.15) is 0 Å². The first-order valence-corrected chi connectivity index (χ1v) is 7.50. The molecule has 0 radical (unpaired) electrons. The zero-order chi connectivity index (χ0) is 13.9. The summed E-state index contributed by atoms with van der Waals surface area (Å²) in [5, 5.41) is 0.384. The van der Waals surface area contributed by atoms with Crippen LogP contribution in [0.4, 0.5) is 0 Å². The number of oxazole rings is 1. The molecule has 1 heterocycles. The van der Waals surface area contributed by atoms with E-state index in [9.17, 15) is 8.42 Å². The zero-order valence-corrected chi connectivity index (χ0v) is 11.8. The van der Waals surface area contributed by atoms with E-state index >= 15 is 0 Å². The molecule has 2 aromatic rings. The summed E-state index contributed by atoms with van der Waals surface area (Å²) in [4.78, 5) is 4.24. The number of benzene rings is 1. The monoisotopic (exact) mass is 300 g/mol. The maximum Gasteiger partial charge on any atom is 0.240 e. The van der Waals surface area contributed by atoms with E-state index in [4.69, 9.17) is 16.0 Å². The second-order valence-electron chi connectivity index (χ2n) is 3.96. The zero-order valence-electron chi connectivity index (χ0n) is 10.3. The summed E-state index contributed by atoms with van der Waals surface area (Å²) in [5.41, 5.74) is 0.714. The van der Waals surface area contributed by atoms with Crippen molar-refractivity contribution in [3.8, 4) is 0 Å². The summed E-state index contributed by atoms with van der Waals surface area (Å²) >= 11 is 5.77. The average Bonchev–Trinajstić information content (AvgIpc) is 2.75. The quantitative estimate of drug-likeness (QED) is 0.918. The molecule has 0 bridgehead atoms. The number of hydrogen-bond acceptors (Lipinski definition) is 4. The third kappa shape index (κ3) is 3.79. The highest BCUT2D eigenvalue weighted by atomic mass is 35.5. The normalized spacial score (nSPS) is 11.7. The minimum atomic E-state index is -3.54. The van der Waals surface area contributed by atoms with E-state index in [0.29, 0.717) is 23.0 Å². The molecule has 0 aliphatic rings. The van der Waals surface area contributed by atoms with Crippen molar-refractivity contribution in [2.24, 2.45) is 0 Å². The first kappa shape index (κ1) is 14.0. The van der Waals surface area contributed by atoms with Crippen LogP contribution in [0.25, 0.3) is 0 Å². The van der Waals surface area contributed by atoms with Gasteiger partial charge in [0.2, 0.25) is 10.0 Å². The van der Waals surface area contributed by atoms with E-state index in [-0.39, 0.29) is 11.4 Å². The van der Waals surface area contributed by atoms with Crippen LogP contribution in [0.3, 0.4) is 0 Å². The van der Waals surface area contributed by atoms with Gasteiger partial charge in [0, 0.05) is 24.9 Å². The van der Waals surface area contributed by atoms with Crippen molar-refractivity contribution in [1.29, 1.82) is 0 Å². The van der Waals surface area contributed by atoms with Crippen LogP contribution in [0.2, 0.25) is 5.02 Å². The molecule has 1 N–H and O–H groups in total. The van der Waals surface area contributed by atoms with Gasteiger partial charge in [-0.25, -0.2) is 18.1 Å². The highest BCUT2D eigenvalue weighted by Gasteiger charge is 2.13. The summed E-state index contributed by atoms with van der Waals surface area (Å²) in [7, 11) is -3.54.